The lowest BCUT2D eigenvalue weighted by Gasteiger charge is -2.04. The van der Waals surface area contributed by atoms with E-state index in [0.717, 1.165) is 0 Å². The van der Waals surface area contributed by atoms with E-state index < -0.39 is 12.0 Å². The predicted octanol–water partition coefficient (Wildman–Crippen LogP) is -0.231. The maximum atomic E-state index is 10.7. The van der Waals surface area contributed by atoms with Crippen molar-refractivity contribution in [2.45, 2.75) is 18.9 Å². The summed E-state index contributed by atoms with van der Waals surface area (Å²) in [5.74, 6) is -1.46. The molecule has 0 unspecified atom stereocenters. The van der Waals surface area contributed by atoms with Crippen LogP contribution in [0.2, 0.25) is 0 Å². The molecule has 0 aliphatic rings. The molecule has 0 saturated carbocycles. The highest BCUT2D eigenvalue weighted by molar-refractivity contribution is 5.81. The van der Waals surface area contributed by atoms with Gasteiger partial charge in [-0.2, -0.15) is 0 Å². The Morgan fingerprint density at radius 3 is 2.58 bits per heavy atom. The van der Waals surface area contributed by atoms with E-state index in [1.165, 1.54) is 0 Å². The second-order valence-corrected chi connectivity index (χ2v) is 2.32. The molecule has 0 aromatic rings. The Bertz CT molecular complexity index is 192. The van der Waals surface area contributed by atoms with Gasteiger partial charge in [0.1, 0.15) is 6.04 Å². The summed E-state index contributed by atoms with van der Waals surface area (Å²) in [5.41, 5.74) is 13.1. The quantitative estimate of drug-likeness (QED) is 0.538. The monoisotopic (exact) mass is 172 g/mol. The molecule has 0 radical (unpaired) electrons. The van der Waals surface area contributed by atoms with Gasteiger partial charge in [-0.1, -0.05) is 0 Å². The molecule has 0 amide bonds. The van der Waals surface area contributed by atoms with Crippen LogP contribution in [-0.2, 0) is 9.59 Å². The van der Waals surface area contributed by atoms with Crippen LogP contribution < -0.4 is 5.73 Å². The zero-order chi connectivity index (χ0) is 9.56. The average molecular weight is 172 g/mol. The molecular weight excluding hydrogens is 162 g/mol. The number of Topliss-reactive ketones (excluding diaryl/α,β-unsaturated/α-hetero) is 1. The van der Waals surface area contributed by atoms with Crippen molar-refractivity contribution in [1.29, 1.82) is 0 Å². The van der Waals surface area contributed by atoms with E-state index in [2.05, 4.69) is 5.11 Å². The summed E-state index contributed by atoms with van der Waals surface area (Å²) in [6.45, 7) is -0.299. The van der Waals surface area contributed by atoms with Crippen molar-refractivity contribution in [2.24, 2.45) is 10.8 Å². The van der Waals surface area contributed by atoms with Crippen LogP contribution in [0.4, 0.5) is 0 Å². The van der Waals surface area contributed by atoms with E-state index in [1.54, 1.807) is 0 Å². The summed E-state index contributed by atoms with van der Waals surface area (Å²) in [6.07, 6.45) is 0.0984. The number of carboxylic acid groups (broad SMARTS) is 1. The van der Waals surface area contributed by atoms with E-state index in [0.29, 0.717) is 0 Å². The van der Waals surface area contributed by atoms with Crippen LogP contribution in [0.5, 0.6) is 0 Å². The first-order chi connectivity index (χ1) is 5.57. The molecule has 0 aliphatic carbocycles. The predicted molar refractivity (Wildman–Crippen MR) is 40.5 cm³/mol. The third-order valence-corrected chi connectivity index (χ3v) is 1.30. The van der Waals surface area contributed by atoms with Crippen LogP contribution in [0, 0.1) is 0 Å². The maximum absolute atomic E-state index is 10.7. The van der Waals surface area contributed by atoms with Crippen molar-refractivity contribution in [1.82, 2.24) is 0 Å². The minimum absolute atomic E-state index is 0.0253. The fourth-order valence-corrected chi connectivity index (χ4v) is 0.598. The molecule has 0 fully saturated rings. The van der Waals surface area contributed by atoms with Gasteiger partial charge in [0.2, 0.25) is 0 Å². The van der Waals surface area contributed by atoms with Gasteiger partial charge in [-0.15, -0.1) is 0 Å². The van der Waals surface area contributed by atoms with Crippen LogP contribution in [0.3, 0.4) is 0 Å². The largest absolute Gasteiger partial charge is 0.712 e. The number of nitrogens with zero attached hydrogens (tertiary/aromatic N) is 2. The molecule has 0 spiro atoms. The number of carboxylic acids is 1. The van der Waals surface area contributed by atoms with Gasteiger partial charge in [-0.3, -0.25) is 9.59 Å². The van der Waals surface area contributed by atoms with E-state index in [-0.39, 0.29) is 25.2 Å². The van der Waals surface area contributed by atoms with Crippen molar-refractivity contribution < 1.29 is 14.7 Å². The fourth-order valence-electron chi connectivity index (χ4n) is 0.598. The highest BCUT2D eigenvalue weighted by Crippen LogP contribution is 1.96. The topological polar surface area (TPSA) is 115 Å². The molecule has 12 heavy (non-hydrogen) atoms. The first-order valence-corrected chi connectivity index (χ1v) is 3.39. The third kappa shape index (κ3) is 4.51. The van der Waals surface area contributed by atoms with Crippen molar-refractivity contribution >= 4 is 11.8 Å². The summed E-state index contributed by atoms with van der Waals surface area (Å²) in [5, 5.41) is 10.9. The minimum Gasteiger partial charge on any atom is -0.712 e. The summed E-state index contributed by atoms with van der Waals surface area (Å²) in [7, 11) is 0. The number of rotatable bonds is 6. The highest BCUT2D eigenvalue weighted by Gasteiger charge is 2.12. The number of nitrogens with two attached hydrogens (primary N) is 1. The number of aliphatic carboxylic acids is 1. The number of carbonyl (C=O) groups is 2. The fraction of sp³-hybridized carbons (Fsp3) is 0.667. The molecule has 0 rings (SSSR count). The van der Waals surface area contributed by atoms with Gasteiger partial charge in [0.25, 0.3) is 0 Å². The lowest BCUT2D eigenvalue weighted by atomic mass is 10.1. The average Bonchev–Trinajstić information content (AvgIpc) is 2.00. The Balaban J connectivity index is 3.60. The summed E-state index contributed by atoms with van der Waals surface area (Å²) < 4.78 is 0. The van der Waals surface area contributed by atoms with Crippen LogP contribution in [0.1, 0.15) is 12.8 Å². The van der Waals surface area contributed by atoms with Crippen LogP contribution >= 0.6 is 0 Å². The van der Waals surface area contributed by atoms with Crippen molar-refractivity contribution in [3.8, 4) is 0 Å². The maximum Gasteiger partial charge on any atom is 0.320 e. The molecule has 0 saturated heterocycles. The minimum atomic E-state index is -1.14. The zero-order valence-electron chi connectivity index (χ0n) is 6.43. The molecule has 0 bridgehead atoms. The van der Waals surface area contributed by atoms with Crippen molar-refractivity contribution in [2.75, 3.05) is 6.54 Å². The Labute approximate surface area is 69.3 Å². The smallest absolute Gasteiger partial charge is 0.320 e. The molecule has 6 nitrogen and oxygen atoms in total. The normalized spacial score (nSPS) is 12.1. The van der Waals surface area contributed by atoms with Gasteiger partial charge in [0, 0.05) is 6.42 Å². The van der Waals surface area contributed by atoms with Gasteiger partial charge < -0.3 is 21.5 Å². The molecule has 6 heteroatoms. The Morgan fingerprint density at radius 1 is 1.58 bits per heavy atom. The Morgan fingerprint density at radius 2 is 2.17 bits per heavy atom. The standard InChI is InChI=1S/C6H10N3O3/c7-5(6(11)12)2-1-4(10)3-9-8/h5H,1-3,7H2,(H,11,12)/q-1/t5-/m1/s1. The molecule has 1 atom stereocenters. The zero-order valence-corrected chi connectivity index (χ0v) is 6.43. The number of carbonyl (C=O) groups excluding carboxylic acids is 1. The molecule has 3 N–H and O–H groups in total. The molecule has 0 aromatic heterocycles. The molecular formula is C6H10N3O3-. The highest BCUT2D eigenvalue weighted by atomic mass is 16.4. The number of hydrogen-bond acceptors (Lipinski definition) is 4. The van der Waals surface area contributed by atoms with Gasteiger partial charge >= 0.3 is 5.97 Å². The first-order valence-electron chi connectivity index (χ1n) is 3.39. The summed E-state index contributed by atoms with van der Waals surface area (Å²) in [6, 6.07) is -1.02. The number of ketones is 1. The van der Waals surface area contributed by atoms with E-state index in [9.17, 15) is 9.59 Å². The Kier molecular flexibility index (Phi) is 4.78. The second-order valence-electron chi connectivity index (χ2n) is 2.32. The molecule has 0 aromatic carbocycles. The van der Waals surface area contributed by atoms with Gasteiger partial charge in [-0.05, 0) is 6.42 Å². The van der Waals surface area contributed by atoms with Crippen molar-refractivity contribution in [3.63, 3.8) is 0 Å². The second kappa shape index (κ2) is 5.36. The molecule has 0 aliphatic heterocycles. The van der Waals surface area contributed by atoms with Crippen LogP contribution in [0.15, 0.2) is 5.11 Å². The van der Waals surface area contributed by atoms with Crippen molar-refractivity contribution in [3.05, 3.63) is 5.53 Å². The summed E-state index contributed by atoms with van der Waals surface area (Å²) >= 11 is 0. The SMILES string of the molecule is [N-]=NCC(=O)CC[C@@H](N)C(=O)O. The van der Waals surface area contributed by atoms with E-state index in [1.807, 2.05) is 0 Å². The van der Waals surface area contributed by atoms with Gasteiger partial charge in [0.15, 0.2) is 5.78 Å². The van der Waals surface area contributed by atoms with Gasteiger partial charge in [0.05, 0.1) is 6.54 Å². The van der Waals surface area contributed by atoms with Gasteiger partial charge in [-0.25, -0.2) is 0 Å². The Hall–Kier alpha value is -1.30. The lowest BCUT2D eigenvalue weighted by molar-refractivity contribution is -0.138. The van der Waals surface area contributed by atoms with E-state index in [4.69, 9.17) is 16.4 Å². The van der Waals surface area contributed by atoms with E-state index >= 15 is 0 Å². The third-order valence-electron chi connectivity index (χ3n) is 1.30. The van der Waals surface area contributed by atoms with Crippen LogP contribution in [-0.4, -0.2) is 29.4 Å². The number of hydrogen-bond donors (Lipinski definition) is 2. The molecule has 0 heterocycles. The molecule has 68 valence electrons. The lowest BCUT2D eigenvalue weighted by Crippen LogP contribution is -2.30. The summed E-state index contributed by atoms with van der Waals surface area (Å²) in [4.78, 5) is 20.8. The van der Waals surface area contributed by atoms with Crippen LogP contribution in [0.25, 0.3) is 5.53 Å². The first kappa shape index (κ1) is 10.7.